The van der Waals surface area contributed by atoms with Crippen molar-refractivity contribution >= 4 is 59.9 Å². The molecule has 0 bridgehead atoms. The van der Waals surface area contributed by atoms with Gasteiger partial charge in [0.05, 0.1) is 15.2 Å². The molecule has 0 saturated carbocycles. The summed E-state index contributed by atoms with van der Waals surface area (Å²) in [5, 5.41) is 13.8. The molecule has 3 rings (SSSR count). The number of ether oxygens (including phenoxy) is 2. The number of hydrazone groups is 1. The van der Waals surface area contributed by atoms with Crippen LogP contribution in [0.25, 0.3) is 0 Å². The molecule has 0 atom stereocenters. The second kappa shape index (κ2) is 7.12. The summed E-state index contributed by atoms with van der Waals surface area (Å²) in [5.41, 5.74) is 3.41. The van der Waals surface area contributed by atoms with Crippen molar-refractivity contribution in [3.8, 4) is 17.2 Å². The van der Waals surface area contributed by atoms with Crippen molar-refractivity contribution in [3.63, 3.8) is 0 Å². The van der Waals surface area contributed by atoms with Crippen molar-refractivity contribution in [1.82, 2.24) is 5.43 Å². The van der Waals surface area contributed by atoms with Crippen LogP contribution in [-0.4, -0.2) is 24.0 Å². The Labute approximate surface area is 162 Å². The Morgan fingerprint density at radius 3 is 2.71 bits per heavy atom. The molecule has 0 aliphatic carbocycles. The number of carbonyl (C=O) groups excluding carboxylic acids is 1. The zero-order valence-corrected chi connectivity index (χ0v) is 16.6. The molecule has 2 N–H and O–H groups in total. The predicted octanol–water partition coefficient (Wildman–Crippen LogP) is 4.17. The third kappa shape index (κ3) is 3.42. The van der Waals surface area contributed by atoms with Gasteiger partial charge < -0.3 is 14.6 Å². The van der Waals surface area contributed by atoms with E-state index in [4.69, 9.17) is 9.47 Å². The van der Waals surface area contributed by atoms with Crippen LogP contribution in [0.3, 0.4) is 0 Å². The average Bonchev–Trinajstić information content (AvgIpc) is 3.03. The topological polar surface area (TPSA) is 80.2 Å². The van der Waals surface area contributed by atoms with Crippen LogP contribution in [0.2, 0.25) is 0 Å². The Morgan fingerprint density at radius 2 is 1.92 bits per heavy atom. The summed E-state index contributed by atoms with van der Waals surface area (Å²) in [5.74, 6) is 0.781. The summed E-state index contributed by atoms with van der Waals surface area (Å²) in [6.07, 6.45) is 1.42. The minimum atomic E-state index is -0.391. The molecular formula is C15H9Br3N2O4. The van der Waals surface area contributed by atoms with E-state index >= 15 is 0 Å². The van der Waals surface area contributed by atoms with E-state index in [-0.39, 0.29) is 12.5 Å². The molecule has 0 unspecified atom stereocenters. The maximum absolute atomic E-state index is 12.1. The average molecular weight is 521 g/mol. The maximum atomic E-state index is 12.1. The zero-order valence-electron chi connectivity index (χ0n) is 11.8. The number of nitrogens with zero attached hydrogens (tertiary/aromatic N) is 1. The van der Waals surface area contributed by atoms with E-state index in [1.807, 2.05) is 0 Å². The lowest BCUT2D eigenvalue weighted by Gasteiger charge is -2.07. The van der Waals surface area contributed by atoms with Gasteiger partial charge >= 0.3 is 0 Å². The molecule has 0 radical (unpaired) electrons. The monoisotopic (exact) mass is 518 g/mol. The number of rotatable bonds is 3. The summed E-state index contributed by atoms with van der Waals surface area (Å²) >= 11 is 9.89. The highest BCUT2D eigenvalue weighted by atomic mass is 79.9. The zero-order chi connectivity index (χ0) is 17.3. The number of amides is 1. The Hall–Kier alpha value is -1.58. The van der Waals surface area contributed by atoms with E-state index in [1.165, 1.54) is 6.21 Å². The van der Waals surface area contributed by atoms with Crippen molar-refractivity contribution in [3.05, 3.63) is 48.8 Å². The fourth-order valence-electron chi connectivity index (χ4n) is 1.97. The quantitative estimate of drug-likeness (QED) is 0.470. The standard InChI is InChI=1S/C15H9Br3N2O4/c16-9-4-10(17)14(21)13(18)8(9)5-19-20-15(22)7-1-2-11-12(3-7)24-6-23-11/h1-5,21H,6H2,(H,20,22). The van der Waals surface area contributed by atoms with E-state index in [1.54, 1.807) is 24.3 Å². The lowest BCUT2D eigenvalue weighted by atomic mass is 10.2. The van der Waals surface area contributed by atoms with Gasteiger partial charge in [-0.05, 0) is 56.1 Å². The third-order valence-corrected chi connectivity index (χ3v) is 5.24. The van der Waals surface area contributed by atoms with Gasteiger partial charge in [0.15, 0.2) is 11.5 Å². The number of hydrogen-bond acceptors (Lipinski definition) is 5. The minimum Gasteiger partial charge on any atom is -0.506 e. The van der Waals surface area contributed by atoms with Gasteiger partial charge in [0.25, 0.3) is 5.91 Å². The first-order valence-electron chi connectivity index (χ1n) is 6.57. The van der Waals surface area contributed by atoms with Crippen molar-refractivity contribution in [1.29, 1.82) is 0 Å². The SMILES string of the molecule is O=C(NN=Cc1c(Br)cc(Br)c(O)c1Br)c1ccc2c(c1)OCO2. The molecule has 9 heteroatoms. The molecule has 6 nitrogen and oxygen atoms in total. The molecule has 0 fully saturated rings. The van der Waals surface area contributed by atoms with E-state index < -0.39 is 5.91 Å². The Kier molecular flexibility index (Phi) is 5.12. The van der Waals surface area contributed by atoms with Crippen LogP contribution < -0.4 is 14.9 Å². The van der Waals surface area contributed by atoms with Crippen LogP contribution >= 0.6 is 47.8 Å². The number of nitrogens with one attached hydrogen (secondary N) is 1. The van der Waals surface area contributed by atoms with E-state index in [0.29, 0.717) is 36.0 Å². The first-order chi connectivity index (χ1) is 11.5. The van der Waals surface area contributed by atoms with Crippen LogP contribution in [0.4, 0.5) is 0 Å². The van der Waals surface area contributed by atoms with Crippen molar-refractivity contribution < 1.29 is 19.4 Å². The van der Waals surface area contributed by atoms with Gasteiger partial charge in [-0.2, -0.15) is 5.10 Å². The van der Waals surface area contributed by atoms with Crippen LogP contribution in [0.5, 0.6) is 17.2 Å². The fourth-order valence-corrected chi connectivity index (χ4v) is 4.30. The number of phenolic OH excluding ortho intramolecular Hbond substituents is 1. The highest BCUT2D eigenvalue weighted by molar-refractivity contribution is 9.11. The van der Waals surface area contributed by atoms with Gasteiger partial charge in [0, 0.05) is 15.6 Å². The number of carbonyl (C=O) groups is 1. The van der Waals surface area contributed by atoms with E-state index in [9.17, 15) is 9.90 Å². The summed E-state index contributed by atoms with van der Waals surface area (Å²) in [6.45, 7) is 0.147. The summed E-state index contributed by atoms with van der Waals surface area (Å²) < 4.78 is 12.1. The molecule has 124 valence electrons. The van der Waals surface area contributed by atoms with Crippen LogP contribution in [0.15, 0.2) is 42.8 Å². The van der Waals surface area contributed by atoms with Crippen LogP contribution in [-0.2, 0) is 0 Å². The van der Waals surface area contributed by atoms with Gasteiger partial charge in [0.1, 0.15) is 5.75 Å². The van der Waals surface area contributed by atoms with Crippen LogP contribution in [0, 0.1) is 0 Å². The van der Waals surface area contributed by atoms with Gasteiger partial charge in [-0.25, -0.2) is 5.43 Å². The number of aromatic hydroxyl groups is 1. The third-order valence-electron chi connectivity index (χ3n) is 3.18. The van der Waals surface area contributed by atoms with Gasteiger partial charge in [-0.3, -0.25) is 4.79 Å². The number of benzene rings is 2. The summed E-state index contributed by atoms with van der Waals surface area (Å²) in [6, 6.07) is 6.56. The highest BCUT2D eigenvalue weighted by Gasteiger charge is 2.16. The molecule has 0 aromatic heterocycles. The highest BCUT2D eigenvalue weighted by Crippen LogP contribution is 2.38. The maximum Gasteiger partial charge on any atom is 0.271 e. The molecule has 1 heterocycles. The smallest absolute Gasteiger partial charge is 0.271 e. The first-order valence-corrected chi connectivity index (χ1v) is 8.95. The van der Waals surface area contributed by atoms with E-state index in [2.05, 4.69) is 58.3 Å². The lowest BCUT2D eigenvalue weighted by Crippen LogP contribution is -2.17. The molecule has 2 aromatic rings. The van der Waals surface area contributed by atoms with Gasteiger partial charge in [0.2, 0.25) is 6.79 Å². The molecule has 1 amide bonds. The fraction of sp³-hybridized carbons (Fsp3) is 0.0667. The van der Waals surface area contributed by atoms with Gasteiger partial charge in [-0.15, -0.1) is 0 Å². The van der Waals surface area contributed by atoms with Crippen molar-refractivity contribution in [2.45, 2.75) is 0 Å². The number of halogens is 3. The van der Waals surface area contributed by atoms with Crippen molar-refractivity contribution in [2.75, 3.05) is 6.79 Å². The Balaban J connectivity index is 1.75. The summed E-state index contributed by atoms with van der Waals surface area (Å²) in [7, 11) is 0. The Bertz CT molecular complexity index is 855. The van der Waals surface area contributed by atoms with Crippen molar-refractivity contribution in [2.24, 2.45) is 5.10 Å². The largest absolute Gasteiger partial charge is 0.506 e. The minimum absolute atomic E-state index is 0.0433. The normalized spacial score (nSPS) is 12.6. The first kappa shape index (κ1) is 17.2. The lowest BCUT2D eigenvalue weighted by molar-refractivity contribution is 0.0954. The number of phenols is 1. The predicted molar refractivity (Wildman–Crippen MR) is 98.8 cm³/mol. The van der Waals surface area contributed by atoms with Gasteiger partial charge in [-0.1, -0.05) is 15.9 Å². The number of hydrogen-bond donors (Lipinski definition) is 2. The van der Waals surface area contributed by atoms with Crippen LogP contribution in [0.1, 0.15) is 15.9 Å². The molecule has 1 aliphatic rings. The molecule has 0 spiro atoms. The second-order valence-corrected chi connectivity index (χ2v) is 7.19. The molecule has 2 aromatic carbocycles. The molecular weight excluding hydrogens is 512 g/mol. The molecule has 0 saturated heterocycles. The molecule has 1 aliphatic heterocycles. The summed E-state index contributed by atoms with van der Waals surface area (Å²) in [4.78, 5) is 12.1. The second-order valence-electron chi connectivity index (χ2n) is 4.68. The molecule has 24 heavy (non-hydrogen) atoms. The van der Waals surface area contributed by atoms with E-state index in [0.717, 1.165) is 0 Å². The number of fused-ring (bicyclic) bond motifs is 1. The Morgan fingerprint density at radius 1 is 1.17 bits per heavy atom.